The Kier molecular flexibility index (Phi) is 3.80. The summed E-state index contributed by atoms with van der Waals surface area (Å²) >= 11 is 0. The highest BCUT2D eigenvalue weighted by Gasteiger charge is 2.47. The minimum absolute atomic E-state index is 0.0547. The summed E-state index contributed by atoms with van der Waals surface area (Å²) in [6, 6.07) is 6.10. The lowest BCUT2D eigenvalue weighted by atomic mass is 10.1. The van der Waals surface area contributed by atoms with Gasteiger partial charge in [0.15, 0.2) is 0 Å². The van der Waals surface area contributed by atoms with Gasteiger partial charge < -0.3 is 15.4 Å². The molecule has 0 radical (unpaired) electrons. The van der Waals surface area contributed by atoms with Crippen LogP contribution in [0.2, 0.25) is 0 Å². The molecule has 1 aliphatic rings. The first kappa shape index (κ1) is 13.9. The molecule has 1 aromatic carbocycles. The number of aryl methyl sites for hydroxylation is 1. The highest BCUT2D eigenvalue weighted by molar-refractivity contribution is 5.88. The van der Waals surface area contributed by atoms with E-state index < -0.39 is 5.54 Å². The quantitative estimate of drug-likeness (QED) is 0.875. The van der Waals surface area contributed by atoms with Crippen molar-refractivity contribution < 1.29 is 9.53 Å². The molecule has 0 heterocycles. The molecule has 19 heavy (non-hydrogen) atoms. The van der Waals surface area contributed by atoms with Gasteiger partial charge in [-0.25, -0.2) is 0 Å². The summed E-state index contributed by atoms with van der Waals surface area (Å²) < 4.78 is 5.34. The van der Waals surface area contributed by atoms with E-state index in [0.29, 0.717) is 6.54 Å². The Morgan fingerprint density at radius 3 is 2.74 bits per heavy atom. The Labute approximate surface area is 114 Å². The first-order valence-corrected chi connectivity index (χ1v) is 6.64. The fourth-order valence-electron chi connectivity index (χ4n) is 2.22. The Morgan fingerprint density at radius 1 is 1.47 bits per heavy atom. The maximum absolute atomic E-state index is 12.0. The third-order valence-electron chi connectivity index (χ3n) is 3.71. The normalized spacial score (nSPS) is 16.0. The average Bonchev–Trinajstić information content (AvgIpc) is 3.14. The van der Waals surface area contributed by atoms with Crippen LogP contribution in [0.3, 0.4) is 0 Å². The van der Waals surface area contributed by atoms with Gasteiger partial charge in [0.05, 0.1) is 12.6 Å². The van der Waals surface area contributed by atoms with Crippen LogP contribution in [-0.2, 0) is 11.2 Å². The van der Waals surface area contributed by atoms with Crippen molar-refractivity contribution >= 4 is 5.91 Å². The number of hydrogen-bond donors (Lipinski definition) is 1. The van der Waals surface area contributed by atoms with Crippen LogP contribution in [0.4, 0.5) is 0 Å². The topological polar surface area (TPSA) is 55.6 Å². The Morgan fingerprint density at radius 2 is 2.16 bits per heavy atom. The molecule has 1 aromatic rings. The van der Waals surface area contributed by atoms with Crippen LogP contribution in [0.1, 0.15) is 24.0 Å². The van der Waals surface area contributed by atoms with Crippen molar-refractivity contribution in [3.8, 4) is 5.75 Å². The van der Waals surface area contributed by atoms with Gasteiger partial charge in [0.2, 0.25) is 5.91 Å². The molecule has 0 atom stereocenters. The molecule has 1 fully saturated rings. The van der Waals surface area contributed by atoms with Gasteiger partial charge in [-0.3, -0.25) is 4.79 Å². The van der Waals surface area contributed by atoms with E-state index in [1.54, 1.807) is 12.0 Å². The molecule has 1 aliphatic carbocycles. The number of likely N-dealkylation sites (N-methyl/N-ethyl adjacent to an activating group) is 1. The Bertz CT molecular complexity index is 481. The van der Waals surface area contributed by atoms with E-state index in [9.17, 15) is 4.79 Å². The fraction of sp³-hybridized carbons (Fsp3) is 0.533. The molecule has 2 N–H and O–H groups in total. The first-order valence-electron chi connectivity index (χ1n) is 6.64. The number of rotatable bonds is 5. The summed E-state index contributed by atoms with van der Waals surface area (Å²) in [5.41, 5.74) is 7.67. The third kappa shape index (κ3) is 3.07. The molecule has 4 nitrogen and oxygen atoms in total. The van der Waals surface area contributed by atoms with Crippen LogP contribution in [0, 0.1) is 6.92 Å². The fourth-order valence-corrected chi connectivity index (χ4v) is 2.22. The number of hydrogen-bond acceptors (Lipinski definition) is 3. The maximum atomic E-state index is 12.0. The molecule has 1 amide bonds. The summed E-state index contributed by atoms with van der Waals surface area (Å²) in [6.45, 7) is 2.72. The second-order valence-corrected chi connectivity index (χ2v) is 5.45. The van der Waals surface area contributed by atoms with Crippen molar-refractivity contribution in [1.82, 2.24) is 4.90 Å². The van der Waals surface area contributed by atoms with E-state index in [0.717, 1.165) is 30.6 Å². The lowest BCUT2D eigenvalue weighted by Crippen LogP contribution is -2.44. The van der Waals surface area contributed by atoms with Gasteiger partial charge in [0.25, 0.3) is 0 Å². The number of ether oxygens (including phenoxy) is 1. The molecule has 0 saturated heterocycles. The number of benzene rings is 1. The average molecular weight is 262 g/mol. The minimum Gasteiger partial charge on any atom is -0.496 e. The van der Waals surface area contributed by atoms with Gasteiger partial charge in [0, 0.05) is 13.6 Å². The summed E-state index contributed by atoms with van der Waals surface area (Å²) in [6.07, 6.45) is 2.40. The van der Waals surface area contributed by atoms with Crippen LogP contribution >= 0.6 is 0 Å². The standard InChI is InChI=1S/C15H22N2O2/c1-11-4-5-13(19-3)12(10-11)6-9-17(2)14(18)15(16)7-8-15/h4-5,10H,6-9,16H2,1-3H3. The second-order valence-electron chi connectivity index (χ2n) is 5.45. The van der Waals surface area contributed by atoms with Crippen LogP contribution in [0.15, 0.2) is 18.2 Å². The van der Waals surface area contributed by atoms with Crippen molar-refractivity contribution in [3.63, 3.8) is 0 Å². The molecule has 4 heteroatoms. The number of methoxy groups -OCH3 is 1. The molecule has 0 aliphatic heterocycles. The van der Waals surface area contributed by atoms with Gasteiger partial charge in [-0.05, 0) is 37.8 Å². The largest absolute Gasteiger partial charge is 0.496 e. The summed E-state index contributed by atoms with van der Waals surface area (Å²) in [4.78, 5) is 13.8. The lowest BCUT2D eigenvalue weighted by Gasteiger charge is -2.21. The molecular weight excluding hydrogens is 240 g/mol. The van der Waals surface area contributed by atoms with E-state index in [2.05, 4.69) is 13.0 Å². The molecule has 104 valence electrons. The minimum atomic E-state index is -0.578. The van der Waals surface area contributed by atoms with Crippen molar-refractivity contribution in [2.24, 2.45) is 5.73 Å². The summed E-state index contributed by atoms with van der Waals surface area (Å²) in [5, 5.41) is 0. The molecule has 0 spiro atoms. The van der Waals surface area contributed by atoms with Gasteiger partial charge in [-0.2, -0.15) is 0 Å². The zero-order chi connectivity index (χ0) is 14.0. The smallest absolute Gasteiger partial charge is 0.242 e. The van der Waals surface area contributed by atoms with Crippen molar-refractivity contribution in [1.29, 1.82) is 0 Å². The van der Waals surface area contributed by atoms with E-state index in [1.807, 2.05) is 19.2 Å². The highest BCUT2D eigenvalue weighted by Crippen LogP contribution is 2.33. The monoisotopic (exact) mass is 262 g/mol. The van der Waals surface area contributed by atoms with E-state index in [-0.39, 0.29) is 5.91 Å². The summed E-state index contributed by atoms with van der Waals surface area (Å²) in [5.74, 6) is 0.930. The van der Waals surface area contributed by atoms with E-state index >= 15 is 0 Å². The van der Waals surface area contributed by atoms with Gasteiger partial charge in [-0.15, -0.1) is 0 Å². The van der Waals surface area contributed by atoms with Crippen molar-refractivity contribution in [2.75, 3.05) is 20.7 Å². The molecule has 0 bridgehead atoms. The predicted molar refractivity (Wildman–Crippen MR) is 75.2 cm³/mol. The molecule has 0 unspecified atom stereocenters. The van der Waals surface area contributed by atoms with Crippen LogP contribution in [0.5, 0.6) is 5.75 Å². The van der Waals surface area contributed by atoms with Gasteiger partial charge in [0.1, 0.15) is 5.75 Å². The van der Waals surface area contributed by atoms with Gasteiger partial charge in [-0.1, -0.05) is 17.7 Å². The van der Waals surface area contributed by atoms with Crippen molar-refractivity contribution in [2.45, 2.75) is 31.7 Å². The Hall–Kier alpha value is -1.55. The first-order chi connectivity index (χ1) is 8.96. The highest BCUT2D eigenvalue weighted by atomic mass is 16.5. The van der Waals surface area contributed by atoms with Crippen LogP contribution in [0.25, 0.3) is 0 Å². The van der Waals surface area contributed by atoms with Crippen LogP contribution < -0.4 is 10.5 Å². The third-order valence-corrected chi connectivity index (χ3v) is 3.71. The zero-order valence-electron chi connectivity index (χ0n) is 11.9. The number of amides is 1. The molecule has 2 rings (SSSR count). The molecule has 1 saturated carbocycles. The van der Waals surface area contributed by atoms with E-state index in [1.165, 1.54) is 5.56 Å². The second kappa shape index (κ2) is 5.21. The number of nitrogens with two attached hydrogens (primary N) is 1. The molecular formula is C15H22N2O2. The summed E-state index contributed by atoms with van der Waals surface area (Å²) in [7, 11) is 3.49. The van der Waals surface area contributed by atoms with Crippen molar-refractivity contribution in [3.05, 3.63) is 29.3 Å². The maximum Gasteiger partial charge on any atom is 0.242 e. The number of nitrogens with zero attached hydrogens (tertiary/aromatic N) is 1. The van der Waals surface area contributed by atoms with Gasteiger partial charge >= 0.3 is 0 Å². The van der Waals surface area contributed by atoms with E-state index in [4.69, 9.17) is 10.5 Å². The molecule has 0 aromatic heterocycles. The lowest BCUT2D eigenvalue weighted by molar-refractivity contribution is -0.132. The van der Waals surface area contributed by atoms with Crippen LogP contribution in [-0.4, -0.2) is 37.0 Å². The Balaban J connectivity index is 1.98. The zero-order valence-corrected chi connectivity index (χ0v) is 11.9. The number of carbonyl (C=O) groups is 1. The predicted octanol–water partition coefficient (Wildman–Crippen LogP) is 1.50. The SMILES string of the molecule is COc1ccc(C)cc1CCN(C)C(=O)C1(N)CC1. The number of carbonyl (C=O) groups excluding carboxylic acids is 1.